The van der Waals surface area contributed by atoms with Crippen molar-refractivity contribution in [2.24, 2.45) is 0 Å². The number of benzene rings is 1. The fourth-order valence-corrected chi connectivity index (χ4v) is 3.61. The Bertz CT molecular complexity index is 699. The van der Waals surface area contributed by atoms with Crippen molar-refractivity contribution >= 4 is 46.3 Å². The van der Waals surface area contributed by atoms with Gasteiger partial charge in [-0.15, -0.1) is 0 Å². The highest BCUT2D eigenvalue weighted by Gasteiger charge is 2.31. The SMILES string of the molecule is Cc1ccc(C=C2SC(=S)N(CCCC(=O)OCCN(C)C)C2=O)cc1. The van der Waals surface area contributed by atoms with Gasteiger partial charge in [-0.05, 0) is 39.1 Å². The number of thiocarbonyl (C=S) groups is 1. The van der Waals surface area contributed by atoms with Crippen LogP contribution in [-0.2, 0) is 14.3 Å². The molecule has 1 amide bonds. The molecule has 1 aromatic rings. The molecule has 1 heterocycles. The fourth-order valence-electron chi connectivity index (χ4n) is 2.30. The predicted molar refractivity (Wildman–Crippen MR) is 110 cm³/mol. The van der Waals surface area contributed by atoms with E-state index in [4.69, 9.17) is 17.0 Å². The molecule has 7 heteroatoms. The Morgan fingerprint density at radius 3 is 2.65 bits per heavy atom. The lowest BCUT2D eigenvalue weighted by molar-refractivity contribution is -0.144. The summed E-state index contributed by atoms with van der Waals surface area (Å²) in [6, 6.07) is 7.97. The highest BCUT2D eigenvalue weighted by Crippen LogP contribution is 2.32. The van der Waals surface area contributed by atoms with E-state index in [-0.39, 0.29) is 18.3 Å². The standard InChI is InChI=1S/C19H24N2O3S2/c1-14-6-8-15(9-7-14)13-16-18(23)21(19(25)26-16)10-4-5-17(22)24-12-11-20(2)3/h6-9,13H,4-5,10-12H2,1-3H3. The number of carbonyl (C=O) groups excluding carboxylic acids is 2. The molecule has 0 radical (unpaired) electrons. The average molecular weight is 393 g/mol. The van der Waals surface area contributed by atoms with Gasteiger partial charge in [-0.3, -0.25) is 14.5 Å². The molecule has 1 aliphatic heterocycles. The summed E-state index contributed by atoms with van der Waals surface area (Å²) in [4.78, 5) is 28.4. The summed E-state index contributed by atoms with van der Waals surface area (Å²) in [7, 11) is 3.85. The van der Waals surface area contributed by atoms with Crippen LogP contribution in [0, 0.1) is 6.92 Å². The monoisotopic (exact) mass is 392 g/mol. The smallest absolute Gasteiger partial charge is 0.305 e. The van der Waals surface area contributed by atoms with Gasteiger partial charge in [0.1, 0.15) is 10.9 Å². The van der Waals surface area contributed by atoms with E-state index in [0.717, 1.165) is 5.56 Å². The highest BCUT2D eigenvalue weighted by atomic mass is 32.2. The van der Waals surface area contributed by atoms with Gasteiger partial charge in [-0.1, -0.05) is 53.8 Å². The minimum Gasteiger partial charge on any atom is -0.464 e. The van der Waals surface area contributed by atoms with Crippen LogP contribution >= 0.6 is 24.0 Å². The van der Waals surface area contributed by atoms with Gasteiger partial charge in [0.05, 0.1) is 4.91 Å². The summed E-state index contributed by atoms with van der Waals surface area (Å²) in [5, 5.41) is 0. The lowest BCUT2D eigenvalue weighted by Gasteiger charge is -2.14. The van der Waals surface area contributed by atoms with Gasteiger partial charge in [0.2, 0.25) is 0 Å². The quantitative estimate of drug-likeness (QED) is 0.385. The Morgan fingerprint density at radius 2 is 2.00 bits per heavy atom. The van der Waals surface area contributed by atoms with E-state index in [0.29, 0.717) is 35.3 Å². The van der Waals surface area contributed by atoms with E-state index in [1.54, 1.807) is 4.90 Å². The van der Waals surface area contributed by atoms with Crippen LogP contribution in [0.5, 0.6) is 0 Å². The number of esters is 1. The third-order valence-electron chi connectivity index (χ3n) is 3.81. The molecule has 0 bridgehead atoms. The van der Waals surface area contributed by atoms with Crippen LogP contribution in [0.2, 0.25) is 0 Å². The van der Waals surface area contributed by atoms with E-state index in [1.165, 1.54) is 17.3 Å². The molecule has 0 spiro atoms. The van der Waals surface area contributed by atoms with Crippen molar-refractivity contribution in [3.05, 3.63) is 40.3 Å². The van der Waals surface area contributed by atoms with Crippen molar-refractivity contribution in [2.45, 2.75) is 19.8 Å². The molecule has 1 aromatic carbocycles. The third kappa shape index (κ3) is 6.23. The molecule has 0 saturated carbocycles. The molecule has 26 heavy (non-hydrogen) atoms. The summed E-state index contributed by atoms with van der Waals surface area (Å²) in [5.41, 5.74) is 2.15. The molecular formula is C19H24N2O3S2. The minimum absolute atomic E-state index is 0.0958. The number of ether oxygens (including phenoxy) is 1. The molecule has 0 atom stereocenters. The summed E-state index contributed by atoms with van der Waals surface area (Å²) < 4.78 is 5.68. The van der Waals surface area contributed by atoms with Crippen LogP contribution in [0.25, 0.3) is 6.08 Å². The van der Waals surface area contributed by atoms with Crippen LogP contribution in [0.3, 0.4) is 0 Å². The second-order valence-electron chi connectivity index (χ2n) is 6.37. The number of likely N-dealkylation sites (N-methyl/N-ethyl adjacent to an activating group) is 1. The topological polar surface area (TPSA) is 49.9 Å². The third-order valence-corrected chi connectivity index (χ3v) is 5.19. The first-order valence-electron chi connectivity index (χ1n) is 8.49. The lowest BCUT2D eigenvalue weighted by Crippen LogP contribution is -2.29. The number of hydrogen-bond donors (Lipinski definition) is 0. The first kappa shape index (κ1) is 20.6. The molecule has 1 aliphatic rings. The van der Waals surface area contributed by atoms with Gasteiger partial charge >= 0.3 is 5.97 Å². The van der Waals surface area contributed by atoms with E-state index in [9.17, 15) is 9.59 Å². The van der Waals surface area contributed by atoms with Crippen molar-refractivity contribution in [1.29, 1.82) is 0 Å². The van der Waals surface area contributed by atoms with E-state index in [1.807, 2.05) is 56.3 Å². The van der Waals surface area contributed by atoms with Gasteiger partial charge in [0, 0.05) is 19.5 Å². The summed E-state index contributed by atoms with van der Waals surface area (Å²) in [6.45, 7) is 3.53. The van der Waals surface area contributed by atoms with Crippen molar-refractivity contribution in [1.82, 2.24) is 9.80 Å². The molecule has 1 saturated heterocycles. The van der Waals surface area contributed by atoms with Crippen molar-refractivity contribution in [2.75, 3.05) is 33.8 Å². The molecule has 0 aliphatic carbocycles. The Kier molecular flexibility index (Phi) is 7.81. The molecule has 140 valence electrons. The van der Waals surface area contributed by atoms with Gasteiger partial charge in [-0.25, -0.2) is 0 Å². The van der Waals surface area contributed by atoms with Crippen LogP contribution in [0.1, 0.15) is 24.0 Å². The Balaban J connectivity index is 1.83. The zero-order chi connectivity index (χ0) is 19.1. The summed E-state index contributed by atoms with van der Waals surface area (Å²) in [6.07, 6.45) is 2.67. The van der Waals surface area contributed by atoms with Crippen LogP contribution in [0.15, 0.2) is 29.2 Å². The van der Waals surface area contributed by atoms with E-state index >= 15 is 0 Å². The Labute approximate surface area is 164 Å². The largest absolute Gasteiger partial charge is 0.464 e. The number of aryl methyl sites for hydroxylation is 1. The fraction of sp³-hybridized carbons (Fsp3) is 0.421. The van der Waals surface area contributed by atoms with E-state index in [2.05, 4.69) is 0 Å². The molecule has 5 nitrogen and oxygen atoms in total. The maximum Gasteiger partial charge on any atom is 0.305 e. The predicted octanol–water partition coefficient (Wildman–Crippen LogP) is 3.08. The Hall–Kier alpha value is -1.70. The second kappa shape index (κ2) is 9.85. The highest BCUT2D eigenvalue weighted by molar-refractivity contribution is 8.26. The molecule has 0 N–H and O–H groups in total. The molecule has 0 aromatic heterocycles. The van der Waals surface area contributed by atoms with Gasteiger partial charge in [0.25, 0.3) is 5.91 Å². The maximum absolute atomic E-state index is 12.5. The Morgan fingerprint density at radius 1 is 1.31 bits per heavy atom. The number of nitrogens with zero attached hydrogens (tertiary/aromatic N) is 2. The number of thioether (sulfide) groups is 1. The van der Waals surface area contributed by atoms with Crippen molar-refractivity contribution in [3.63, 3.8) is 0 Å². The minimum atomic E-state index is -0.243. The molecule has 0 unspecified atom stereocenters. The van der Waals surface area contributed by atoms with Gasteiger partial charge < -0.3 is 9.64 Å². The first-order chi connectivity index (χ1) is 12.4. The molecule has 1 fully saturated rings. The van der Waals surface area contributed by atoms with E-state index < -0.39 is 0 Å². The van der Waals surface area contributed by atoms with Crippen molar-refractivity contribution < 1.29 is 14.3 Å². The summed E-state index contributed by atoms with van der Waals surface area (Å²) in [5.74, 6) is -0.339. The van der Waals surface area contributed by atoms with Crippen LogP contribution in [-0.4, -0.2) is 59.8 Å². The number of amides is 1. The summed E-state index contributed by atoms with van der Waals surface area (Å²) >= 11 is 6.62. The number of rotatable bonds is 8. The number of hydrogen-bond acceptors (Lipinski definition) is 6. The number of carbonyl (C=O) groups is 2. The normalized spacial score (nSPS) is 16.0. The first-order valence-corrected chi connectivity index (χ1v) is 9.71. The van der Waals surface area contributed by atoms with Crippen LogP contribution in [0.4, 0.5) is 0 Å². The average Bonchev–Trinajstić information content (AvgIpc) is 2.84. The molecular weight excluding hydrogens is 368 g/mol. The van der Waals surface area contributed by atoms with Gasteiger partial charge in [-0.2, -0.15) is 0 Å². The molecule has 2 rings (SSSR count). The van der Waals surface area contributed by atoms with Crippen molar-refractivity contribution in [3.8, 4) is 0 Å². The maximum atomic E-state index is 12.5. The zero-order valence-corrected chi connectivity index (χ0v) is 17.0. The zero-order valence-electron chi connectivity index (χ0n) is 15.4. The van der Waals surface area contributed by atoms with Gasteiger partial charge in [0.15, 0.2) is 0 Å². The lowest BCUT2D eigenvalue weighted by atomic mass is 10.1. The second-order valence-corrected chi connectivity index (χ2v) is 8.05. The van der Waals surface area contributed by atoms with Crippen LogP contribution < -0.4 is 0 Å².